The number of unbranched alkanes of at least 4 members (excludes halogenated alkanes) is 11. The van der Waals surface area contributed by atoms with Gasteiger partial charge in [0.2, 0.25) is 0 Å². The number of carbonyl (C=O) groups is 2. The van der Waals surface area contributed by atoms with Gasteiger partial charge in [-0.15, -0.1) is 0 Å². The summed E-state index contributed by atoms with van der Waals surface area (Å²) in [5, 5.41) is 0. The molecular weight excluding hydrogens is 471 g/mol. The zero-order valence-electron chi connectivity index (χ0n) is 22.4. The molecule has 9 heteroatoms. The predicted octanol–water partition coefficient (Wildman–Crippen LogP) is 6.86. The molecule has 0 bridgehead atoms. The Balaban J connectivity index is 4.07. The summed E-state index contributed by atoms with van der Waals surface area (Å²) in [4.78, 5) is 41.9. The largest absolute Gasteiger partial charge is 0.469 e. The van der Waals surface area contributed by atoms with Crippen molar-refractivity contribution in [1.29, 1.82) is 0 Å². The Bertz CT molecular complexity index is 578. The molecule has 208 valence electrons. The van der Waals surface area contributed by atoms with Crippen LogP contribution < -0.4 is 0 Å². The average Bonchev–Trinajstić information content (AvgIpc) is 2.81. The molecule has 8 nitrogen and oxygen atoms in total. The minimum atomic E-state index is -4.72. The van der Waals surface area contributed by atoms with E-state index in [4.69, 9.17) is 19.3 Å². The summed E-state index contributed by atoms with van der Waals surface area (Å²) in [6.07, 6.45) is 15.9. The molecule has 0 radical (unpaired) electrons. The molecule has 0 amide bonds. The van der Waals surface area contributed by atoms with Crippen molar-refractivity contribution >= 4 is 19.8 Å². The van der Waals surface area contributed by atoms with Crippen LogP contribution in [0.25, 0.3) is 0 Å². The normalized spacial score (nSPS) is 13.4. The SMILES string of the molecule is CCCCCCCC(=O)OC[C@H](COP(=O)(O)O)OC(=O)CCCCCCCCCCC(C)CC. The molecule has 0 aliphatic heterocycles. The molecule has 2 N–H and O–H groups in total. The van der Waals surface area contributed by atoms with Gasteiger partial charge in [-0.25, -0.2) is 4.57 Å². The molecule has 2 atom stereocenters. The van der Waals surface area contributed by atoms with Crippen molar-refractivity contribution in [2.45, 2.75) is 136 Å². The van der Waals surface area contributed by atoms with Crippen molar-refractivity contribution in [3.05, 3.63) is 0 Å². The van der Waals surface area contributed by atoms with E-state index in [1.807, 2.05) is 0 Å². The Hall–Kier alpha value is -0.950. The Morgan fingerprint density at radius 2 is 1.26 bits per heavy atom. The van der Waals surface area contributed by atoms with E-state index in [-0.39, 0.29) is 19.4 Å². The molecule has 0 aliphatic rings. The second-order valence-electron chi connectivity index (χ2n) is 9.63. The molecule has 0 aromatic carbocycles. The summed E-state index contributed by atoms with van der Waals surface area (Å²) in [5.74, 6) is -0.0753. The van der Waals surface area contributed by atoms with Gasteiger partial charge in [-0.1, -0.05) is 104 Å². The van der Waals surface area contributed by atoms with E-state index in [0.717, 1.165) is 57.3 Å². The average molecular weight is 523 g/mol. The third-order valence-corrected chi connectivity index (χ3v) is 6.65. The van der Waals surface area contributed by atoms with Crippen LogP contribution in [0, 0.1) is 5.92 Å². The van der Waals surface area contributed by atoms with E-state index in [0.29, 0.717) is 6.42 Å². The summed E-state index contributed by atoms with van der Waals surface area (Å²) in [5.41, 5.74) is 0. The minimum absolute atomic E-state index is 0.215. The van der Waals surface area contributed by atoms with Crippen molar-refractivity contribution < 1.29 is 37.9 Å². The number of phosphoric acid groups is 1. The lowest BCUT2D eigenvalue weighted by atomic mass is 9.99. The van der Waals surface area contributed by atoms with Crippen LogP contribution in [0.15, 0.2) is 0 Å². The van der Waals surface area contributed by atoms with Gasteiger partial charge in [0.1, 0.15) is 6.61 Å². The lowest BCUT2D eigenvalue weighted by Gasteiger charge is -2.18. The van der Waals surface area contributed by atoms with Crippen molar-refractivity contribution in [3.8, 4) is 0 Å². The summed E-state index contributed by atoms with van der Waals surface area (Å²) in [6.45, 7) is 5.85. The number of ether oxygens (including phenoxy) is 2. The smallest absolute Gasteiger partial charge is 0.462 e. The lowest BCUT2D eigenvalue weighted by molar-refractivity contribution is -0.161. The van der Waals surface area contributed by atoms with E-state index in [9.17, 15) is 14.2 Å². The highest BCUT2D eigenvalue weighted by molar-refractivity contribution is 7.46. The highest BCUT2D eigenvalue weighted by atomic mass is 31.2. The first-order chi connectivity index (χ1) is 16.7. The molecule has 0 aromatic heterocycles. The standard InChI is InChI=1S/C26H51O8P/c1-4-6-7-12-16-19-25(27)32-21-24(22-33-35(29,30)31)34-26(28)20-17-14-11-9-8-10-13-15-18-23(3)5-2/h23-24H,4-22H2,1-3H3,(H2,29,30,31)/t23?,24-/m1/s1. The number of esters is 2. The summed E-state index contributed by atoms with van der Waals surface area (Å²) >= 11 is 0. The van der Waals surface area contributed by atoms with Crippen LogP contribution in [0.1, 0.15) is 130 Å². The number of carbonyl (C=O) groups excluding carboxylic acids is 2. The van der Waals surface area contributed by atoms with Crippen molar-refractivity contribution in [1.82, 2.24) is 0 Å². The van der Waals surface area contributed by atoms with Crippen molar-refractivity contribution in [3.63, 3.8) is 0 Å². The van der Waals surface area contributed by atoms with Gasteiger partial charge in [-0.3, -0.25) is 14.1 Å². The maximum atomic E-state index is 12.2. The van der Waals surface area contributed by atoms with Crippen molar-refractivity contribution in [2.75, 3.05) is 13.2 Å². The fourth-order valence-electron chi connectivity index (χ4n) is 3.70. The van der Waals surface area contributed by atoms with Crippen LogP contribution in [0.4, 0.5) is 0 Å². The Labute approximate surface area is 213 Å². The number of hydrogen-bond donors (Lipinski definition) is 2. The molecule has 0 rings (SSSR count). The van der Waals surface area contributed by atoms with Crippen LogP contribution in [0.2, 0.25) is 0 Å². The van der Waals surface area contributed by atoms with E-state index in [1.54, 1.807) is 0 Å². The van der Waals surface area contributed by atoms with Crippen LogP contribution >= 0.6 is 7.82 Å². The molecule has 0 saturated heterocycles. The van der Waals surface area contributed by atoms with Crippen LogP contribution in [0.5, 0.6) is 0 Å². The summed E-state index contributed by atoms with van der Waals surface area (Å²) < 4.78 is 25.9. The Kier molecular flexibility index (Phi) is 21.7. The highest BCUT2D eigenvalue weighted by Gasteiger charge is 2.22. The topological polar surface area (TPSA) is 119 Å². The monoisotopic (exact) mass is 522 g/mol. The van der Waals surface area contributed by atoms with Gasteiger partial charge in [0.15, 0.2) is 6.10 Å². The first-order valence-corrected chi connectivity index (χ1v) is 15.3. The molecule has 0 aromatic rings. The van der Waals surface area contributed by atoms with Gasteiger partial charge in [0, 0.05) is 12.8 Å². The minimum Gasteiger partial charge on any atom is -0.462 e. The molecule has 0 aliphatic carbocycles. The molecular formula is C26H51O8P. The molecule has 0 saturated carbocycles. The Morgan fingerprint density at radius 3 is 1.80 bits per heavy atom. The number of hydrogen-bond acceptors (Lipinski definition) is 6. The van der Waals surface area contributed by atoms with Gasteiger partial charge in [0.05, 0.1) is 6.61 Å². The fourth-order valence-corrected chi connectivity index (χ4v) is 4.06. The van der Waals surface area contributed by atoms with Gasteiger partial charge >= 0.3 is 19.8 Å². The van der Waals surface area contributed by atoms with Gasteiger partial charge < -0.3 is 19.3 Å². The second kappa shape index (κ2) is 22.3. The van der Waals surface area contributed by atoms with Gasteiger partial charge in [0.25, 0.3) is 0 Å². The van der Waals surface area contributed by atoms with E-state index in [1.165, 1.54) is 38.5 Å². The van der Waals surface area contributed by atoms with Gasteiger partial charge in [-0.2, -0.15) is 0 Å². The molecule has 1 unspecified atom stereocenters. The van der Waals surface area contributed by atoms with Crippen LogP contribution in [-0.4, -0.2) is 41.0 Å². The zero-order chi connectivity index (χ0) is 26.4. The lowest BCUT2D eigenvalue weighted by Crippen LogP contribution is -2.29. The maximum Gasteiger partial charge on any atom is 0.469 e. The quantitative estimate of drug-likeness (QED) is 0.0801. The third kappa shape index (κ3) is 24.5. The molecule has 0 fully saturated rings. The molecule has 0 spiro atoms. The first kappa shape index (κ1) is 34.0. The highest BCUT2D eigenvalue weighted by Crippen LogP contribution is 2.35. The Morgan fingerprint density at radius 1 is 0.743 bits per heavy atom. The summed E-state index contributed by atoms with van der Waals surface area (Å²) in [7, 11) is -4.72. The zero-order valence-corrected chi connectivity index (χ0v) is 23.3. The molecule has 0 heterocycles. The van der Waals surface area contributed by atoms with Crippen LogP contribution in [-0.2, 0) is 28.2 Å². The fraction of sp³-hybridized carbons (Fsp3) is 0.923. The van der Waals surface area contributed by atoms with Crippen LogP contribution in [0.3, 0.4) is 0 Å². The first-order valence-electron chi connectivity index (χ1n) is 13.7. The number of phosphoric ester groups is 1. The van der Waals surface area contributed by atoms with Gasteiger partial charge in [-0.05, 0) is 18.8 Å². The predicted molar refractivity (Wildman–Crippen MR) is 138 cm³/mol. The second-order valence-corrected chi connectivity index (χ2v) is 10.9. The number of rotatable bonds is 24. The van der Waals surface area contributed by atoms with E-state index < -0.39 is 32.5 Å². The summed E-state index contributed by atoms with van der Waals surface area (Å²) in [6, 6.07) is 0. The van der Waals surface area contributed by atoms with E-state index >= 15 is 0 Å². The molecule has 35 heavy (non-hydrogen) atoms. The van der Waals surface area contributed by atoms with E-state index in [2.05, 4.69) is 25.3 Å². The third-order valence-electron chi connectivity index (χ3n) is 6.17. The van der Waals surface area contributed by atoms with Crippen molar-refractivity contribution in [2.24, 2.45) is 5.92 Å². The maximum absolute atomic E-state index is 12.2.